The van der Waals surface area contributed by atoms with E-state index >= 15 is 0 Å². The molecule has 0 radical (unpaired) electrons. The fourth-order valence-corrected chi connectivity index (χ4v) is 3.54. The molecule has 0 rings (SSSR count). The Morgan fingerprint density at radius 1 is 0.516 bits per heavy atom. The van der Waals surface area contributed by atoms with Gasteiger partial charge in [0.15, 0.2) is 0 Å². The number of aliphatic carboxylic acids is 1. The average Bonchev–Trinajstić information content (AvgIpc) is 2.69. The molecule has 0 amide bonds. The van der Waals surface area contributed by atoms with Gasteiger partial charge in [0.2, 0.25) is 0 Å². The van der Waals surface area contributed by atoms with Crippen LogP contribution < -0.4 is 69.3 Å². The Morgan fingerprint density at radius 3 is 1.16 bits per heavy atom. The third-order valence-electron chi connectivity index (χ3n) is 5.34. The largest absolute Gasteiger partial charge is 1.00 e. The smallest absolute Gasteiger partial charge is 0.854 e. The van der Waals surface area contributed by atoms with Gasteiger partial charge < -0.3 is 19.7 Å². The van der Waals surface area contributed by atoms with Gasteiger partial charge in [0.05, 0.1) is 6.61 Å². The van der Waals surface area contributed by atoms with Crippen molar-refractivity contribution in [3.63, 3.8) is 0 Å². The van der Waals surface area contributed by atoms with Crippen LogP contribution in [-0.4, -0.2) is 25.2 Å². The first kappa shape index (κ1) is 36.5. The summed E-state index contributed by atoms with van der Waals surface area (Å²) in [5.41, 5.74) is 0. The molecule has 0 aromatic heterocycles. The summed E-state index contributed by atoms with van der Waals surface area (Å²) in [5, 5.41) is 20.5. The number of hydrogen-bond acceptors (Lipinski definition) is 5. The molecule has 0 saturated heterocycles. The van der Waals surface area contributed by atoms with Gasteiger partial charge in [-0.3, -0.25) is 4.79 Å². The first-order valence-electron chi connectivity index (χ1n) is 12.1. The van der Waals surface area contributed by atoms with Crippen molar-refractivity contribution in [1.82, 2.24) is 0 Å². The SMILES string of the molecule is O=C([O-])CCCCCCCCCCCCCCCCCCCCOC(=O)CC[O-].[Na+].[Na+]. The molecule has 0 bridgehead atoms. The molecule has 0 heterocycles. The van der Waals surface area contributed by atoms with E-state index in [-0.39, 0.29) is 84.5 Å². The molecule has 7 heteroatoms. The minimum atomic E-state index is -0.921. The van der Waals surface area contributed by atoms with Crippen molar-refractivity contribution in [3.8, 4) is 0 Å². The van der Waals surface area contributed by atoms with Crippen LogP contribution in [0, 0.1) is 0 Å². The van der Waals surface area contributed by atoms with E-state index < -0.39 is 5.97 Å². The molecule has 172 valence electrons. The zero-order chi connectivity index (χ0) is 21.4. The Bertz CT molecular complexity index is 381. The molecule has 0 unspecified atom stereocenters. The Labute approximate surface area is 235 Å². The third-order valence-corrected chi connectivity index (χ3v) is 5.34. The van der Waals surface area contributed by atoms with Gasteiger partial charge in [-0.15, -0.1) is 6.61 Å². The van der Waals surface area contributed by atoms with Crippen LogP contribution in [-0.2, 0) is 14.3 Å². The first-order chi connectivity index (χ1) is 14.2. The van der Waals surface area contributed by atoms with Gasteiger partial charge in [-0.05, 0) is 19.3 Å². The third kappa shape index (κ3) is 33.2. The molecule has 0 aliphatic heterocycles. The number of carboxylic acids is 1. The van der Waals surface area contributed by atoms with Crippen LogP contribution in [0.3, 0.4) is 0 Å². The quantitative estimate of drug-likeness (QED) is 0.105. The molecular weight excluding hydrogens is 414 g/mol. The van der Waals surface area contributed by atoms with Crippen molar-refractivity contribution in [3.05, 3.63) is 0 Å². The molecule has 0 saturated carbocycles. The van der Waals surface area contributed by atoms with Gasteiger partial charge in [0, 0.05) is 12.4 Å². The number of carbonyl (C=O) groups excluding carboxylic acids is 2. The van der Waals surface area contributed by atoms with E-state index in [9.17, 15) is 19.8 Å². The van der Waals surface area contributed by atoms with Gasteiger partial charge in [-0.2, -0.15) is 0 Å². The monoisotopic (exact) mass is 458 g/mol. The van der Waals surface area contributed by atoms with E-state index in [1.165, 1.54) is 83.5 Å². The van der Waals surface area contributed by atoms with E-state index in [2.05, 4.69) is 0 Å². The molecule has 0 aromatic carbocycles. The topological polar surface area (TPSA) is 89.5 Å². The van der Waals surface area contributed by atoms with Crippen molar-refractivity contribution < 1.29 is 83.7 Å². The molecule has 0 N–H and O–H groups in total. The minimum absolute atomic E-state index is 0. The molecule has 0 aliphatic carbocycles. The standard InChI is InChI=1S/C24H45O5.2Na/c25-21-20-24(28)29-22-18-16-14-12-10-8-6-4-2-1-3-5-7-9-11-13-15-17-19-23(26)27;;/h1-22H2,(H,26,27);;/q-1;2*+1/p-1. The normalized spacial score (nSPS) is 10.2. The van der Waals surface area contributed by atoms with E-state index in [0.29, 0.717) is 6.61 Å². The second-order valence-electron chi connectivity index (χ2n) is 8.16. The van der Waals surface area contributed by atoms with Gasteiger partial charge >= 0.3 is 65.1 Å². The predicted molar refractivity (Wildman–Crippen MR) is 113 cm³/mol. The number of ether oxygens (including phenoxy) is 1. The number of rotatable bonds is 23. The van der Waals surface area contributed by atoms with Crippen molar-refractivity contribution >= 4 is 11.9 Å². The summed E-state index contributed by atoms with van der Waals surface area (Å²) in [6, 6.07) is 0. The molecule has 0 fully saturated rings. The number of hydrogen-bond donors (Lipinski definition) is 0. The van der Waals surface area contributed by atoms with Crippen LogP contribution in [0.1, 0.15) is 128 Å². The average molecular weight is 459 g/mol. The first-order valence-corrected chi connectivity index (χ1v) is 12.1. The summed E-state index contributed by atoms with van der Waals surface area (Å²) < 4.78 is 4.96. The van der Waals surface area contributed by atoms with Crippen LogP contribution >= 0.6 is 0 Å². The van der Waals surface area contributed by atoms with Crippen molar-refractivity contribution in [2.24, 2.45) is 0 Å². The number of esters is 1. The maximum absolute atomic E-state index is 11.0. The fraction of sp³-hybridized carbons (Fsp3) is 0.917. The molecule has 31 heavy (non-hydrogen) atoms. The summed E-state index contributed by atoms with van der Waals surface area (Å²) >= 11 is 0. The second-order valence-corrected chi connectivity index (χ2v) is 8.16. The minimum Gasteiger partial charge on any atom is -0.854 e. The fourth-order valence-electron chi connectivity index (χ4n) is 3.54. The number of unbranched alkanes of at least 4 members (excludes halogenated alkanes) is 17. The van der Waals surface area contributed by atoms with E-state index in [1.807, 2.05) is 0 Å². The molecule has 0 atom stereocenters. The van der Waals surface area contributed by atoms with Gasteiger partial charge in [0.1, 0.15) is 0 Å². The summed E-state index contributed by atoms with van der Waals surface area (Å²) in [7, 11) is 0. The Balaban J connectivity index is -0.00000392. The molecule has 5 nitrogen and oxygen atoms in total. The Kier molecular flexibility index (Phi) is 36.4. The van der Waals surface area contributed by atoms with E-state index in [1.54, 1.807) is 0 Å². The van der Waals surface area contributed by atoms with Gasteiger partial charge in [0.25, 0.3) is 0 Å². The van der Waals surface area contributed by atoms with Crippen molar-refractivity contribution in [2.45, 2.75) is 128 Å². The number of carbonyl (C=O) groups is 2. The summed E-state index contributed by atoms with van der Waals surface area (Å²) in [5.74, 6) is -1.28. The Morgan fingerprint density at radius 2 is 0.839 bits per heavy atom. The number of carboxylic acid groups (broad SMARTS) is 1. The van der Waals surface area contributed by atoms with Crippen LogP contribution in [0.5, 0.6) is 0 Å². The molecule has 0 aliphatic rings. The zero-order valence-electron chi connectivity index (χ0n) is 20.6. The van der Waals surface area contributed by atoms with Gasteiger partial charge in [-0.1, -0.05) is 103 Å². The summed E-state index contributed by atoms with van der Waals surface area (Å²) in [4.78, 5) is 21.3. The van der Waals surface area contributed by atoms with E-state index in [4.69, 9.17) is 4.74 Å². The summed E-state index contributed by atoms with van der Waals surface area (Å²) in [6.07, 6.45) is 22.2. The predicted octanol–water partition coefficient (Wildman–Crippen LogP) is -1.55. The Hall–Kier alpha value is 0.900. The van der Waals surface area contributed by atoms with Crippen LogP contribution in [0.2, 0.25) is 0 Å². The van der Waals surface area contributed by atoms with Crippen LogP contribution in [0.25, 0.3) is 0 Å². The molecule has 0 spiro atoms. The summed E-state index contributed by atoms with van der Waals surface area (Å²) in [6.45, 7) is 0.0830. The van der Waals surface area contributed by atoms with Crippen LogP contribution in [0.15, 0.2) is 0 Å². The van der Waals surface area contributed by atoms with Crippen molar-refractivity contribution in [1.29, 1.82) is 0 Å². The maximum atomic E-state index is 11.0. The molecule has 0 aromatic rings. The van der Waals surface area contributed by atoms with Crippen molar-refractivity contribution in [2.75, 3.05) is 13.2 Å². The van der Waals surface area contributed by atoms with Crippen LogP contribution in [0.4, 0.5) is 0 Å². The maximum Gasteiger partial charge on any atom is 1.00 e. The molecular formula is C24H44Na2O5. The van der Waals surface area contributed by atoms with E-state index in [0.717, 1.165) is 32.1 Å². The second kappa shape index (κ2) is 30.9. The zero-order valence-corrected chi connectivity index (χ0v) is 24.6. The van der Waals surface area contributed by atoms with Gasteiger partial charge in [-0.25, -0.2) is 0 Å².